The van der Waals surface area contributed by atoms with Crippen molar-refractivity contribution in [2.75, 3.05) is 19.8 Å². The van der Waals surface area contributed by atoms with Gasteiger partial charge in [-0.2, -0.15) is 0 Å². The molecule has 0 bridgehead atoms. The SMILES string of the molecule is CCOOC1(C(=O)OCCN(C(C)C)C(C)C)CCCCC1.Cl. The van der Waals surface area contributed by atoms with Crippen LogP contribution in [-0.2, 0) is 19.3 Å². The van der Waals surface area contributed by atoms with Crippen LogP contribution in [-0.4, -0.2) is 48.3 Å². The van der Waals surface area contributed by atoms with Crippen LogP contribution in [0.25, 0.3) is 0 Å². The smallest absolute Gasteiger partial charge is 0.341 e. The predicted molar refractivity (Wildman–Crippen MR) is 93.7 cm³/mol. The Morgan fingerprint density at radius 3 is 2.13 bits per heavy atom. The molecule has 0 heterocycles. The Morgan fingerprint density at radius 1 is 1.09 bits per heavy atom. The molecule has 0 spiro atoms. The van der Waals surface area contributed by atoms with Gasteiger partial charge in [0.2, 0.25) is 0 Å². The van der Waals surface area contributed by atoms with Crippen LogP contribution in [0.3, 0.4) is 0 Å². The van der Waals surface area contributed by atoms with E-state index in [1.165, 1.54) is 0 Å². The number of carbonyl (C=O) groups is 1. The van der Waals surface area contributed by atoms with Gasteiger partial charge in [-0.1, -0.05) is 6.42 Å². The van der Waals surface area contributed by atoms with Crippen molar-refractivity contribution in [3.63, 3.8) is 0 Å². The van der Waals surface area contributed by atoms with Gasteiger partial charge in [0.25, 0.3) is 0 Å². The Bertz CT molecular complexity index is 323. The molecule has 0 N–H and O–H groups in total. The molecular weight excluding hydrogens is 318 g/mol. The monoisotopic (exact) mass is 351 g/mol. The quantitative estimate of drug-likeness (QED) is 0.360. The van der Waals surface area contributed by atoms with E-state index in [-0.39, 0.29) is 18.4 Å². The molecule has 0 aromatic heterocycles. The lowest BCUT2D eigenvalue weighted by Crippen LogP contribution is -2.46. The number of hydrogen-bond donors (Lipinski definition) is 0. The minimum absolute atomic E-state index is 0. The maximum atomic E-state index is 12.5. The van der Waals surface area contributed by atoms with E-state index in [0.717, 1.165) is 25.8 Å². The molecule has 0 saturated heterocycles. The Hall–Kier alpha value is -0.360. The van der Waals surface area contributed by atoms with Gasteiger partial charge in [-0.15, -0.1) is 12.4 Å². The topological polar surface area (TPSA) is 48.0 Å². The van der Waals surface area contributed by atoms with Gasteiger partial charge in [-0.25, -0.2) is 14.6 Å². The van der Waals surface area contributed by atoms with Crippen molar-refractivity contribution < 1.29 is 19.3 Å². The third kappa shape index (κ3) is 6.96. The summed E-state index contributed by atoms with van der Waals surface area (Å²) >= 11 is 0. The Morgan fingerprint density at radius 2 is 1.65 bits per heavy atom. The third-order valence-electron chi connectivity index (χ3n) is 4.28. The molecule has 0 radical (unpaired) electrons. The Kier molecular flexibility index (Phi) is 11.1. The fraction of sp³-hybridized carbons (Fsp3) is 0.941. The fourth-order valence-electron chi connectivity index (χ4n) is 3.10. The predicted octanol–water partition coefficient (Wildman–Crippen LogP) is 3.74. The fourth-order valence-corrected chi connectivity index (χ4v) is 3.10. The molecule has 0 unspecified atom stereocenters. The van der Waals surface area contributed by atoms with E-state index in [0.29, 0.717) is 38.1 Å². The summed E-state index contributed by atoms with van der Waals surface area (Å²) in [6, 6.07) is 0.865. The second-order valence-corrected chi connectivity index (χ2v) is 6.61. The number of esters is 1. The van der Waals surface area contributed by atoms with Crippen molar-refractivity contribution in [1.82, 2.24) is 4.90 Å². The number of rotatable bonds is 9. The third-order valence-corrected chi connectivity index (χ3v) is 4.28. The standard InChI is InChI=1S/C17H33NO4.ClH/c1-6-21-22-17(10-8-7-9-11-17)16(19)20-13-12-18(14(2)3)15(4)5;/h14-15H,6-13H2,1-5H3;1H. The van der Waals surface area contributed by atoms with E-state index in [9.17, 15) is 4.79 Å². The normalized spacial score (nSPS) is 17.4. The van der Waals surface area contributed by atoms with Gasteiger partial charge in [0, 0.05) is 18.6 Å². The van der Waals surface area contributed by atoms with E-state index in [4.69, 9.17) is 14.5 Å². The second-order valence-electron chi connectivity index (χ2n) is 6.61. The highest BCUT2D eigenvalue weighted by Gasteiger charge is 2.44. The highest BCUT2D eigenvalue weighted by atomic mass is 35.5. The van der Waals surface area contributed by atoms with Gasteiger partial charge in [0.15, 0.2) is 5.60 Å². The summed E-state index contributed by atoms with van der Waals surface area (Å²) in [7, 11) is 0. The number of carbonyl (C=O) groups excluding carboxylic acids is 1. The van der Waals surface area contributed by atoms with Gasteiger partial charge < -0.3 is 4.74 Å². The van der Waals surface area contributed by atoms with Crippen molar-refractivity contribution in [2.24, 2.45) is 0 Å². The van der Waals surface area contributed by atoms with E-state index in [2.05, 4.69) is 32.6 Å². The van der Waals surface area contributed by atoms with Crippen molar-refractivity contribution in [3.8, 4) is 0 Å². The van der Waals surface area contributed by atoms with E-state index < -0.39 is 5.60 Å². The van der Waals surface area contributed by atoms with Gasteiger partial charge in [0.05, 0.1) is 6.61 Å². The zero-order valence-electron chi connectivity index (χ0n) is 15.3. The molecule has 0 amide bonds. The van der Waals surface area contributed by atoms with Gasteiger partial charge in [-0.05, 0) is 60.3 Å². The molecule has 0 aromatic carbocycles. The largest absolute Gasteiger partial charge is 0.462 e. The van der Waals surface area contributed by atoms with Gasteiger partial charge in [0.1, 0.15) is 6.61 Å². The van der Waals surface area contributed by atoms with Crippen molar-refractivity contribution in [2.45, 2.75) is 84.4 Å². The minimum atomic E-state index is -0.894. The van der Waals surface area contributed by atoms with Crippen LogP contribution in [0.5, 0.6) is 0 Å². The lowest BCUT2D eigenvalue weighted by Gasteiger charge is -2.34. The van der Waals surface area contributed by atoms with Gasteiger partial charge >= 0.3 is 5.97 Å². The maximum Gasteiger partial charge on any atom is 0.341 e. The molecule has 0 aromatic rings. The molecule has 0 aliphatic heterocycles. The highest BCUT2D eigenvalue weighted by Crippen LogP contribution is 2.33. The molecule has 5 nitrogen and oxygen atoms in total. The second kappa shape index (κ2) is 11.2. The van der Waals surface area contributed by atoms with Crippen molar-refractivity contribution in [1.29, 1.82) is 0 Å². The van der Waals surface area contributed by atoms with Crippen LogP contribution in [0, 0.1) is 0 Å². The first-order valence-corrected chi connectivity index (χ1v) is 8.66. The summed E-state index contributed by atoms with van der Waals surface area (Å²) in [5, 5.41) is 0. The molecule has 1 fully saturated rings. The summed E-state index contributed by atoms with van der Waals surface area (Å²) in [6.45, 7) is 12.0. The van der Waals surface area contributed by atoms with Crippen LogP contribution in [0.1, 0.15) is 66.7 Å². The summed E-state index contributed by atoms with van der Waals surface area (Å²) in [4.78, 5) is 25.3. The van der Waals surface area contributed by atoms with Crippen LogP contribution in [0.4, 0.5) is 0 Å². The van der Waals surface area contributed by atoms with Crippen LogP contribution < -0.4 is 0 Å². The van der Waals surface area contributed by atoms with E-state index in [1.807, 2.05) is 6.92 Å². The Balaban J connectivity index is 0.00000484. The first-order valence-electron chi connectivity index (χ1n) is 8.66. The molecule has 1 aliphatic rings. The first kappa shape index (κ1) is 22.6. The van der Waals surface area contributed by atoms with E-state index >= 15 is 0 Å². The van der Waals surface area contributed by atoms with Crippen LogP contribution in [0.15, 0.2) is 0 Å². The molecule has 6 heteroatoms. The molecule has 1 aliphatic carbocycles. The molecular formula is C17H34ClNO4. The van der Waals surface area contributed by atoms with Crippen molar-refractivity contribution >= 4 is 18.4 Å². The maximum absolute atomic E-state index is 12.5. The summed E-state index contributed by atoms with van der Waals surface area (Å²) in [5.41, 5.74) is -0.894. The number of ether oxygens (including phenoxy) is 1. The molecule has 138 valence electrons. The van der Waals surface area contributed by atoms with Gasteiger partial charge in [-0.3, -0.25) is 4.90 Å². The molecule has 1 rings (SSSR count). The Labute approximate surface area is 147 Å². The number of hydrogen-bond acceptors (Lipinski definition) is 5. The minimum Gasteiger partial charge on any atom is -0.462 e. The first-order chi connectivity index (χ1) is 10.4. The lowest BCUT2D eigenvalue weighted by molar-refractivity contribution is -0.358. The number of nitrogens with zero attached hydrogens (tertiary/aromatic N) is 1. The van der Waals surface area contributed by atoms with Crippen LogP contribution in [0.2, 0.25) is 0 Å². The number of halogens is 1. The summed E-state index contributed by atoms with van der Waals surface area (Å²) in [5.74, 6) is -0.270. The molecule has 23 heavy (non-hydrogen) atoms. The molecule has 1 saturated carbocycles. The summed E-state index contributed by atoms with van der Waals surface area (Å²) < 4.78 is 5.53. The van der Waals surface area contributed by atoms with Crippen LogP contribution >= 0.6 is 12.4 Å². The average molecular weight is 352 g/mol. The summed E-state index contributed by atoms with van der Waals surface area (Å²) in [6.07, 6.45) is 4.46. The molecule has 0 atom stereocenters. The zero-order chi connectivity index (χ0) is 16.6. The highest BCUT2D eigenvalue weighted by molar-refractivity contribution is 5.85. The zero-order valence-corrected chi connectivity index (χ0v) is 16.1. The van der Waals surface area contributed by atoms with Crippen molar-refractivity contribution in [3.05, 3.63) is 0 Å². The van der Waals surface area contributed by atoms with E-state index in [1.54, 1.807) is 0 Å². The average Bonchev–Trinajstić information content (AvgIpc) is 2.49. The lowest BCUT2D eigenvalue weighted by atomic mass is 9.85.